The van der Waals surface area contributed by atoms with Crippen LogP contribution in [0.5, 0.6) is 0 Å². The van der Waals surface area contributed by atoms with Gasteiger partial charge >= 0.3 is 5.97 Å². The molecule has 3 atom stereocenters. The first-order valence-corrected chi connectivity index (χ1v) is 7.23. The summed E-state index contributed by atoms with van der Waals surface area (Å²) < 4.78 is 1.73. The van der Waals surface area contributed by atoms with E-state index in [-0.39, 0.29) is 11.8 Å². The Kier molecular flexibility index (Phi) is 5.52. The first-order valence-electron chi connectivity index (χ1n) is 7.23. The highest BCUT2D eigenvalue weighted by atomic mass is 16.4. The van der Waals surface area contributed by atoms with Gasteiger partial charge in [-0.05, 0) is 26.7 Å². The molecule has 3 unspecified atom stereocenters. The molecule has 0 aromatic carbocycles. The molecule has 0 aliphatic heterocycles. The number of carbonyl (C=O) groups is 2. The second-order valence-electron chi connectivity index (χ2n) is 5.64. The quantitative estimate of drug-likeness (QED) is 0.837. The van der Waals surface area contributed by atoms with Gasteiger partial charge in [0.15, 0.2) is 0 Å². The van der Waals surface area contributed by atoms with Crippen LogP contribution in [0.25, 0.3) is 0 Å². The molecule has 1 heterocycles. The largest absolute Gasteiger partial charge is 0.480 e. The number of aryl methyl sites for hydroxylation is 2. The molecule has 0 spiro atoms. The predicted octanol–water partition coefficient (Wildman–Crippen LogP) is 1.76. The van der Waals surface area contributed by atoms with E-state index in [1.807, 2.05) is 34.7 Å². The standard InChI is InChI=1S/C15H25N3O3/c1-7-8(2)13(15(20)21)16-14(19)9(3)12-10(4)17-18(6)11(12)5/h8-9,13H,7H2,1-6H3,(H,16,19)(H,20,21). The van der Waals surface area contributed by atoms with E-state index < -0.39 is 17.9 Å². The number of nitrogens with one attached hydrogen (secondary N) is 1. The molecular weight excluding hydrogens is 270 g/mol. The highest BCUT2D eigenvalue weighted by Crippen LogP contribution is 2.23. The maximum absolute atomic E-state index is 12.4. The minimum absolute atomic E-state index is 0.116. The zero-order valence-electron chi connectivity index (χ0n) is 13.6. The van der Waals surface area contributed by atoms with E-state index in [1.54, 1.807) is 11.6 Å². The SMILES string of the molecule is CCC(C)C(NC(=O)C(C)c1c(C)nn(C)c1C)C(=O)O. The molecule has 0 aliphatic carbocycles. The number of hydrogen-bond donors (Lipinski definition) is 2. The van der Waals surface area contributed by atoms with Crippen molar-refractivity contribution in [1.82, 2.24) is 15.1 Å². The van der Waals surface area contributed by atoms with Gasteiger partial charge in [-0.1, -0.05) is 20.3 Å². The number of aliphatic carboxylic acids is 1. The summed E-state index contributed by atoms with van der Waals surface area (Å²) in [6, 6.07) is -0.859. The fourth-order valence-electron chi connectivity index (χ4n) is 2.51. The molecule has 1 aromatic heterocycles. The van der Waals surface area contributed by atoms with Crippen molar-refractivity contribution in [2.24, 2.45) is 13.0 Å². The normalized spacial score (nSPS) is 15.3. The summed E-state index contributed by atoms with van der Waals surface area (Å²) >= 11 is 0. The number of aromatic nitrogens is 2. The van der Waals surface area contributed by atoms with Gasteiger partial charge in [-0.2, -0.15) is 5.10 Å². The molecule has 6 nitrogen and oxygen atoms in total. The van der Waals surface area contributed by atoms with Crippen LogP contribution >= 0.6 is 0 Å². The van der Waals surface area contributed by atoms with Crippen LogP contribution in [0.3, 0.4) is 0 Å². The molecule has 1 amide bonds. The Bertz CT molecular complexity index is 537. The Morgan fingerprint density at radius 2 is 1.90 bits per heavy atom. The Morgan fingerprint density at radius 1 is 1.33 bits per heavy atom. The lowest BCUT2D eigenvalue weighted by molar-refractivity contribution is -0.143. The summed E-state index contributed by atoms with van der Waals surface area (Å²) in [6.45, 7) is 9.27. The third-order valence-corrected chi connectivity index (χ3v) is 4.17. The van der Waals surface area contributed by atoms with E-state index in [4.69, 9.17) is 0 Å². The fourth-order valence-corrected chi connectivity index (χ4v) is 2.51. The third kappa shape index (κ3) is 3.62. The van der Waals surface area contributed by atoms with Crippen molar-refractivity contribution in [2.75, 3.05) is 0 Å². The van der Waals surface area contributed by atoms with Crippen molar-refractivity contribution >= 4 is 11.9 Å². The summed E-state index contributed by atoms with van der Waals surface area (Å²) in [7, 11) is 1.83. The summed E-state index contributed by atoms with van der Waals surface area (Å²) in [5.41, 5.74) is 2.59. The third-order valence-electron chi connectivity index (χ3n) is 4.17. The molecule has 0 bridgehead atoms. The van der Waals surface area contributed by atoms with E-state index in [9.17, 15) is 14.7 Å². The summed E-state index contributed by atoms with van der Waals surface area (Å²) in [6.07, 6.45) is 0.691. The first-order chi connectivity index (χ1) is 9.70. The van der Waals surface area contributed by atoms with E-state index in [0.29, 0.717) is 6.42 Å². The van der Waals surface area contributed by atoms with Crippen molar-refractivity contribution in [2.45, 2.75) is 53.0 Å². The van der Waals surface area contributed by atoms with Crippen LogP contribution in [0.1, 0.15) is 50.1 Å². The fraction of sp³-hybridized carbons (Fsp3) is 0.667. The number of hydrogen-bond acceptors (Lipinski definition) is 3. The van der Waals surface area contributed by atoms with Gasteiger partial charge in [-0.15, -0.1) is 0 Å². The average Bonchev–Trinajstić information content (AvgIpc) is 2.67. The molecule has 0 radical (unpaired) electrons. The van der Waals surface area contributed by atoms with E-state index in [2.05, 4.69) is 10.4 Å². The summed E-state index contributed by atoms with van der Waals surface area (Å²) in [5, 5.41) is 16.2. The number of carboxylic acid groups (broad SMARTS) is 1. The molecule has 1 aromatic rings. The first kappa shape index (κ1) is 17.2. The van der Waals surface area contributed by atoms with Gasteiger partial charge in [0.25, 0.3) is 0 Å². The lowest BCUT2D eigenvalue weighted by atomic mass is 9.95. The molecule has 0 saturated carbocycles. The van der Waals surface area contributed by atoms with Gasteiger partial charge in [-0.3, -0.25) is 9.48 Å². The number of amides is 1. The Balaban J connectivity index is 2.94. The zero-order valence-corrected chi connectivity index (χ0v) is 13.6. The van der Waals surface area contributed by atoms with Crippen molar-refractivity contribution in [1.29, 1.82) is 0 Å². The van der Waals surface area contributed by atoms with Crippen molar-refractivity contribution in [3.8, 4) is 0 Å². The lowest BCUT2D eigenvalue weighted by Crippen LogP contribution is -2.46. The Morgan fingerprint density at radius 3 is 2.29 bits per heavy atom. The molecular formula is C15H25N3O3. The van der Waals surface area contributed by atoms with Crippen LogP contribution in [0, 0.1) is 19.8 Å². The van der Waals surface area contributed by atoms with E-state index in [1.165, 1.54) is 0 Å². The number of carboxylic acids is 1. The second kappa shape index (κ2) is 6.74. The smallest absolute Gasteiger partial charge is 0.326 e. The highest BCUT2D eigenvalue weighted by Gasteiger charge is 2.29. The summed E-state index contributed by atoms with van der Waals surface area (Å²) in [5.74, 6) is -1.81. The lowest BCUT2D eigenvalue weighted by Gasteiger charge is -2.22. The minimum atomic E-state index is -0.996. The number of nitrogens with zero attached hydrogens (tertiary/aromatic N) is 2. The summed E-state index contributed by atoms with van der Waals surface area (Å²) in [4.78, 5) is 23.7. The molecule has 0 fully saturated rings. The van der Waals surface area contributed by atoms with Crippen molar-refractivity contribution in [3.63, 3.8) is 0 Å². The van der Waals surface area contributed by atoms with Gasteiger partial charge in [0.05, 0.1) is 11.6 Å². The highest BCUT2D eigenvalue weighted by molar-refractivity contribution is 5.88. The van der Waals surface area contributed by atoms with Gasteiger partial charge < -0.3 is 10.4 Å². The minimum Gasteiger partial charge on any atom is -0.480 e. The predicted molar refractivity (Wildman–Crippen MR) is 80.1 cm³/mol. The maximum atomic E-state index is 12.4. The molecule has 6 heteroatoms. The maximum Gasteiger partial charge on any atom is 0.326 e. The van der Waals surface area contributed by atoms with Crippen LogP contribution in [-0.2, 0) is 16.6 Å². The average molecular weight is 295 g/mol. The zero-order chi connectivity index (χ0) is 16.3. The monoisotopic (exact) mass is 295 g/mol. The Labute approximate surface area is 125 Å². The van der Waals surface area contributed by atoms with Crippen LogP contribution in [0.2, 0.25) is 0 Å². The van der Waals surface area contributed by atoms with Gasteiger partial charge in [0.1, 0.15) is 6.04 Å². The van der Waals surface area contributed by atoms with Gasteiger partial charge in [0, 0.05) is 18.3 Å². The Hall–Kier alpha value is -1.85. The van der Waals surface area contributed by atoms with Crippen LogP contribution in [0.4, 0.5) is 0 Å². The molecule has 1 rings (SSSR count). The number of carbonyl (C=O) groups excluding carboxylic acids is 1. The molecule has 0 saturated heterocycles. The van der Waals surface area contributed by atoms with Crippen LogP contribution in [0.15, 0.2) is 0 Å². The van der Waals surface area contributed by atoms with Gasteiger partial charge in [-0.25, -0.2) is 4.79 Å². The number of rotatable bonds is 6. The van der Waals surface area contributed by atoms with Crippen molar-refractivity contribution < 1.29 is 14.7 Å². The molecule has 118 valence electrons. The van der Waals surface area contributed by atoms with Gasteiger partial charge in [0.2, 0.25) is 5.91 Å². The van der Waals surface area contributed by atoms with Crippen LogP contribution in [-0.4, -0.2) is 32.8 Å². The van der Waals surface area contributed by atoms with Crippen LogP contribution < -0.4 is 5.32 Å². The van der Waals surface area contributed by atoms with E-state index in [0.717, 1.165) is 17.0 Å². The van der Waals surface area contributed by atoms with Crippen molar-refractivity contribution in [3.05, 3.63) is 17.0 Å². The molecule has 2 N–H and O–H groups in total. The van der Waals surface area contributed by atoms with E-state index >= 15 is 0 Å². The topological polar surface area (TPSA) is 84.2 Å². The molecule has 0 aliphatic rings. The molecule has 21 heavy (non-hydrogen) atoms. The second-order valence-corrected chi connectivity index (χ2v) is 5.64.